The number of carbonyl (C=O) groups is 2. The third-order valence-corrected chi connectivity index (χ3v) is 6.93. The summed E-state index contributed by atoms with van der Waals surface area (Å²) in [4.78, 5) is 30.4. The second-order valence-corrected chi connectivity index (χ2v) is 9.69. The number of hydrogen-bond donors (Lipinski definition) is 3. The summed E-state index contributed by atoms with van der Waals surface area (Å²) in [5.41, 5.74) is 1.67. The fourth-order valence-corrected chi connectivity index (χ4v) is 4.83. The van der Waals surface area contributed by atoms with Gasteiger partial charge in [0.15, 0.2) is 0 Å². The zero-order valence-corrected chi connectivity index (χ0v) is 24.0. The second-order valence-electron chi connectivity index (χ2n) is 9.26. The fraction of sp³-hybridized carbons (Fsp3) is 0.276. The molecule has 0 atom stereocenters. The highest BCUT2D eigenvalue weighted by molar-refractivity contribution is 6.31. The van der Waals surface area contributed by atoms with E-state index < -0.39 is 12.5 Å². The molecule has 0 aliphatic carbocycles. The van der Waals surface area contributed by atoms with Crippen molar-refractivity contribution < 1.29 is 23.1 Å². The quantitative estimate of drug-likeness (QED) is 0.227. The van der Waals surface area contributed by atoms with Gasteiger partial charge in [-0.3, -0.25) is 14.3 Å². The first kappa shape index (κ1) is 30.4. The number of carbonyl (C=O) groups excluding carboxylic acids is 2. The summed E-state index contributed by atoms with van der Waals surface area (Å²) in [5, 5.41) is 13.2. The van der Waals surface area contributed by atoms with Crippen LogP contribution in [0.1, 0.15) is 0 Å². The second kappa shape index (κ2) is 13.9. The van der Waals surface area contributed by atoms with E-state index >= 15 is 0 Å². The number of aromatic nitrogens is 2. The van der Waals surface area contributed by atoms with E-state index in [0.29, 0.717) is 32.0 Å². The van der Waals surface area contributed by atoms with Crippen molar-refractivity contribution >= 4 is 34.8 Å². The highest BCUT2D eigenvalue weighted by atomic mass is 35.5. The Morgan fingerprint density at radius 3 is 2.40 bits per heavy atom. The maximum atomic E-state index is 13.3. The lowest BCUT2D eigenvalue weighted by molar-refractivity contribution is -0.132. The first-order valence-electron chi connectivity index (χ1n) is 13.2. The Hall–Kier alpha value is -4.58. The Kier molecular flexibility index (Phi) is 10.0. The van der Waals surface area contributed by atoms with E-state index in [-0.39, 0.29) is 45.7 Å². The van der Waals surface area contributed by atoms with Crippen LogP contribution in [0.3, 0.4) is 0 Å². The van der Waals surface area contributed by atoms with Gasteiger partial charge in [-0.25, -0.2) is 0 Å². The molecule has 222 valence electrons. The van der Waals surface area contributed by atoms with Crippen molar-refractivity contribution in [3.8, 4) is 17.0 Å². The number of nitrogens with zero attached hydrogens (tertiary/aromatic N) is 4. The Bertz CT molecular complexity index is 1450. The van der Waals surface area contributed by atoms with Crippen LogP contribution in [0.15, 0.2) is 78.8 Å². The molecule has 10 nitrogen and oxygen atoms in total. The Morgan fingerprint density at radius 1 is 1.10 bits per heavy atom. The average Bonchev–Trinajstić information content (AvgIpc) is 3.38. The number of ether oxygens (including phenoxy) is 1. The molecule has 13 heteroatoms. The van der Waals surface area contributed by atoms with Crippen LogP contribution in [0.4, 0.5) is 20.2 Å². The van der Waals surface area contributed by atoms with E-state index in [9.17, 15) is 18.4 Å². The smallest absolute Gasteiger partial charge is 0.387 e. The third-order valence-electron chi connectivity index (χ3n) is 6.69. The number of amides is 2. The van der Waals surface area contributed by atoms with Gasteiger partial charge in [-0.2, -0.15) is 13.9 Å². The van der Waals surface area contributed by atoms with Crippen molar-refractivity contribution in [3.63, 3.8) is 0 Å². The standard InChI is InChI=1S/C29H32ClF2N7O3/c1-4-21(27(33-2)34-3)28(41)35-23-17-39(36-26(23)22-16-19(30)10-11-24(22)42-29(31)32)18-25(40)38-14-12-37(13-15-38)20-8-6-5-7-9-20/h4-11,16-17,29,33-34H,1,12-15,18H2,2-3H3,(H,35,41). The van der Waals surface area contributed by atoms with Gasteiger partial charge in [0.05, 0.1) is 11.3 Å². The van der Waals surface area contributed by atoms with Crippen molar-refractivity contribution in [3.05, 3.63) is 83.8 Å². The van der Waals surface area contributed by atoms with Crippen molar-refractivity contribution in [2.24, 2.45) is 0 Å². The van der Waals surface area contributed by atoms with Gasteiger partial charge in [0.25, 0.3) is 5.91 Å². The molecular weight excluding hydrogens is 568 g/mol. The van der Waals surface area contributed by atoms with Crippen LogP contribution < -0.4 is 25.6 Å². The minimum Gasteiger partial charge on any atom is -0.434 e. The number of anilines is 2. The average molecular weight is 600 g/mol. The van der Waals surface area contributed by atoms with Crippen LogP contribution >= 0.6 is 11.6 Å². The Labute approximate surface area is 247 Å². The summed E-state index contributed by atoms with van der Waals surface area (Å²) in [7, 11) is 3.27. The molecule has 0 bridgehead atoms. The molecule has 1 aliphatic rings. The molecule has 1 aromatic heterocycles. The van der Waals surface area contributed by atoms with Gasteiger partial charge in [-0.1, -0.05) is 42.5 Å². The van der Waals surface area contributed by atoms with E-state index in [1.165, 1.54) is 35.2 Å². The van der Waals surface area contributed by atoms with Crippen molar-refractivity contribution in [2.45, 2.75) is 13.2 Å². The molecule has 0 spiro atoms. The summed E-state index contributed by atoms with van der Waals surface area (Å²) in [6.45, 7) is 2.86. The summed E-state index contributed by atoms with van der Waals surface area (Å²) in [6.07, 6.45) is 2.84. The van der Waals surface area contributed by atoms with Crippen molar-refractivity contribution in [1.29, 1.82) is 0 Å². The molecule has 4 rings (SSSR count). The number of hydrogen-bond acceptors (Lipinski definition) is 7. The zero-order valence-electron chi connectivity index (χ0n) is 23.2. The number of alkyl halides is 2. The molecule has 1 aliphatic heterocycles. The van der Waals surface area contributed by atoms with E-state index in [4.69, 9.17) is 16.3 Å². The molecule has 1 fully saturated rings. The lowest BCUT2D eigenvalue weighted by Gasteiger charge is -2.36. The first-order valence-corrected chi connectivity index (χ1v) is 13.5. The number of benzene rings is 2. The zero-order chi connectivity index (χ0) is 30.2. The molecule has 2 heterocycles. The van der Waals surface area contributed by atoms with Gasteiger partial charge in [0.2, 0.25) is 5.91 Å². The number of rotatable bonds is 11. The van der Waals surface area contributed by atoms with Crippen LogP contribution in [-0.4, -0.2) is 73.4 Å². The van der Waals surface area contributed by atoms with E-state index in [1.807, 2.05) is 30.3 Å². The Balaban J connectivity index is 1.62. The number of para-hydroxylation sites is 1. The summed E-state index contributed by atoms with van der Waals surface area (Å²) >= 11 is 6.20. The van der Waals surface area contributed by atoms with E-state index in [2.05, 4.69) is 32.5 Å². The van der Waals surface area contributed by atoms with Gasteiger partial charge in [0, 0.05) is 62.7 Å². The summed E-state index contributed by atoms with van der Waals surface area (Å²) in [6, 6.07) is 14.1. The minimum absolute atomic E-state index is 0.0991. The molecule has 42 heavy (non-hydrogen) atoms. The molecule has 2 amide bonds. The fourth-order valence-electron chi connectivity index (χ4n) is 4.66. The van der Waals surface area contributed by atoms with E-state index in [1.54, 1.807) is 19.0 Å². The lowest BCUT2D eigenvalue weighted by Crippen LogP contribution is -2.49. The SMILES string of the molecule is C=CC(C(=O)Nc1cn(CC(=O)N2CCN(c3ccccc3)CC2)nc1-c1cc(Cl)ccc1OC(F)F)=C(NC)NC. The predicted octanol–water partition coefficient (Wildman–Crippen LogP) is 3.93. The van der Waals surface area contributed by atoms with Crippen LogP contribution in [0.2, 0.25) is 5.02 Å². The van der Waals surface area contributed by atoms with Gasteiger partial charge < -0.3 is 30.5 Å². The topological polar surface area (TPSA) is 104 Å². The summed E-state index contributed by atoms with van der Waals surface area (Å²) in [5.74, 6) is -0.509. The third kappa shape index (κ3) is 7.19. The maximum absolute atomic E-state index is 13.3. The number of nitrogens with one attached hydrogen (secondary N) is 3. The number of piperazine rings is 1. The van der Waals surface area contributed by atoms with E-state index in [0.717, 1.165) is 5.69 Å². The molecule has 0 unspecified atom stereocenters. The lowest BCUT2D eigenvalue weighted by atomic mass is 10.1. The Morgan fingerprint density at radius 2 is 1.79 bits per heavy atom. The monoisotopic (exact) mass is 599 g/mol. The van der Waals surface area contributed by atoms with Crippen LogP contribution in [-0.2, 0) is 16.1 Å². The van der Waals surface area contributed by atoms with Gasteiger partial charge in [-0.05, 0) is 30.3 Å². The first-order chi connectivity index (χ1) is 20.2. The molecule has 1 saturated heterocycles. The molecule has 0 saturated carbocycles. The normalized spacial score (nSPS) is 13.0. The molecule has 3 aromatic rings. The van der Waals surface area contributed by atoms with Crippen molar-refractivity contribution in [2.75, 3.05) is 50.5 Å². The molecule has 2 aromatic carbocycles. The van der Waals surface area contributed by atoms with Gasteiger partial charge in [0.1, 0.15) is 23.8 Å². The van der Waals surface area contributed by atoms with Gasteiger partial charge in [-0.15, -0.1) is 0 Å². The van der Waals surface area contributed by atoms with Crippen LogP contribution in [0.25, 0.3) is 11.3 Å². The highest BCUT2D eigenvalue weighted by Crippen LogP contribution is 2.37. The predicted molar refractivity (Wildman–Crippen MR) is 159 cm³/mol. The maximum Gasteiger partial charge on any atom is 0.387 e. The van der Waals surface area contributed by atoms with Gasteiger partial charge >= 0.3 is 6.61 Å². The molecular formula is C29H32ClF2N7O3. The van der Waals surface area contributed by atoms with Crippen LogP contribution in [0.5, 0.6) is 5.75 Å². The minimum atomic E-state index is -3.11. The highest BCUT2D eigenvalue weighted by Gasteiger charge is 2.25. The van der Waals surface area contributed by atoms with Crippen molar-refractivity contribution in [1.82, 2.24) is 25.3 Å². The summed E-state index contributed by atoms with van der Waals surface area (Å²) < 4.78 is 32.5. The molecule has 0 radical (unpaired) electrons. The van der Waals surface area contributed by atoms with Crippen LogP contribution in [0, 0.1) is 0 Å². The number of halogens is 3. The largest absolute Gasteiger partial charge is 0.434 e. The molecule has 3 N–H and O–H groups in total.